The highest BCUT2D eigenvalue weighted by atomic mass is 32.2. The predicted molar refractivity (Wildman–Crippen MR) is 82.3 cm³/mol. The van der Waals surface area contributed by atoms with Crippen molar-refractivity contribution < 1.29 is 9.53 Å². The molecule has 0 saturated heterocycles. The molecule has 0 bridgehead atoms. The fourth-order valence-electron chi connectivity index (χ4n) is 1.59. The molecule has 0 aromatic carbocycles. The van der Waals surface area contributed by atoms with Gasteiger partial charge in [-0.25, -0.2) is 9.97 Å². The van der Waals surface area contributed by atoms with Crippen LogP contribution >= 0.6 is 11.8 Å². The maximum absolute atomic E-state index is 11.1. The molecule has 0 radical (unpaired) electrons. The normalized spacial score (nSPS) is 10.4. The second-order valence-electron chi connectivity index (χ2n) is 4.37. The molecule has 1 rings (SSSR count). The van der Waals surface area contributed by atoms with E-state index in [9.17, 15) is 4.79 Å². The van der Waals surface area contributed by atoms with Gasteiger partial charge in [0.1, 0.15) is 16.7 Å². The number of hydrogen-bond donors (Lipinski definition) is 1. The van der Waals surface area contributed by atoms with Crippen molar-refractivity contribution in [3.8, 4) is 0 Å². The van der Waals surface area contributed by atoms with Crippen molar-refractivity contribution in [1.29, 1.82) is 0 Å². The maximum atomic E-state index is 11.1. The van der Waals surface area contributed by atoms with Gasteiger partial charge in [-0.1, -0.05) is 13.8 Å². The maximum Gasteiger partial charge on any atom is 0.306 e. The highest BCUT2D eigenvalue weighted by Gasteiger charge is 2.11. The smallest absolute Gasteiger partial charge is 0.306 e. The van der Waals surface area contributed by atoms with E-state index in [1.54, 1.807) is 11.8 Å². The van der Waals surface area contributed by atoms with Gasteiger partial charge in [-0.3, -0.25) is 4.79 Å². The summed E-state index contributed by atoms with van der Waals surface area (Å²) in [5.74, 6) is 2.21. The van der Waals surface area contributed by atoms with Crippen LogP contribution in [0.25, 0.3) is 0 Å². The Labute approximate surface area is 124 Å². The Bertz CT molecular complexity index is 452. The standard InChI is InChI=1S/C14H23N3O2S/c1-5-8-15-13-10(3)14(17-11(6-2)16-13)20-9-7-12(18)19-4/h5-9H2,1-4H3,(H,15,16,17). The molecule has 0 aliphatic rings. The van der Waals surface area contributed by atoms with Crippen molar-refractivity contribution in [3.63, 3.8) is 0 Å². The molecule has 0 spiro atoms. The summed E-state index contributed by atoms with van der Waals surface area (Å²) in [6.45, 7) is 7.07. The molecular weight excluding hydrogens is 274 g/mol. The quantitative estimate of drug-likeness (QED) is 0.452. The molecule has 1 aromatic rings. The van der Waals surface area contributed by atoms with Crippen LogP contribution in [-0.2, 0) is 16.0 Å². The van der Waals surface area contributed by atoms with Gasteiger partial charge in [-0.05, 0) is 13.3 Å². The van der Waals surface area contributed by atoms with Crippen molar-refractivity contribution in [3.05, 3.63) is 11.4 Å². The topological polar surface area (TPSA) is 64.1 Å². The summed E-state index contributed by atoms with van der Waals surface area (Å²) in [6.07, 6.45) is 2.24. The summed E-state index contributed by atoms with van der Waals surface area (Å²) in [5.41, 5.74) is 1.05. The number of carbonyl (C=O) groups is 1. The number of aromatic nitrogens is 2. The van der Waals surface area contributed by atoms with Crippen molar-refractivity contribution in [2.45, 2.75) is 45.1 Å². The summed E-state index contributed by atoms with van der Waals surface area (Å²) in [5, 5.41) is 4.28. The Morgan fingerprint density at radius 2 is 2.10 bits per heavy atom. The van der Waals surface area contributed by atoms with Crippen LogP contribution in [0, 0.1) is 6.92 Å². The van der Waals surface area contributed by atoms with E-state index in [0.29, 0.717) is 12.2 Å². The third kappa shape index (κ3) is 5.00. The third-order valence-corrected chi connectivity index (χ3v) is 3.86. The lowest BCUT2D eigenvalue weighted by atomic mass is 10.3. The first-order chi connectivity index (χ1) is 9.62. The first-order valence-corrected chi connectivity index (χ1v) is 7.91. The van der Waals surface area contributed by atoms with Crippen LogP contribution in [0.5, 0.6) is 0 Å². The molecule has 0 aliphatic carbocycles. The summed E-state index contributed by atoms with van der Waals surface area (Å²) in [4.78, 5) is 20.2. The number of hydrogen-bond acceptors (Lipinski definition) is 6. The molecule has 1 N–H and O–H groups in total. The van der Waals surface area contributed by atoms with Crippen molar-refractivity contribution in [2.75, 3.05) is 24.7 Å². The van der Waals surface area contributed by atoms with Crippen LogP contribution in [0.4, 0.5) is 5.82 Å². The molecule has 0 unspecified atom stereocenters. The number of anilines is 1. The van der Waals surface area contributed by atoms with E-state index in [2.05, 4.69) is 26.9 Å². The van der Waals surface area contributed by atoms with E-state index < -0.39 is 0 Å². The molecule has 6 heteroatoms. The van der Waals surface area contributed by atoms with Crippen LogP contribution in [0.3, 0.4) is 0 Å². The van der Waals surface area contributed by atoms with Crippen LogP contribution in [0.2, 0.25) is 0 Å². The van der Waals surface area contributed by atoms with Crippen molar-refractivity contribution >= 4 is 23.5 Å². The van der Waals surface area contributed by atoms with Crippen LogP contribution in [0.1, 0.15) is 38.1 Å². The zero-order valence-corrected chi connectivity index (χ0v) is 13.5. The zero-order chi connectivity index (χ0) is 15.0. The van der Waals surface area contributed by atoms with Gasteiger partial charge < -0.3 is 10.1 Å². The monoisotopic (exact) mass is 297 g/mol. The molecular formula is C14H23N3O2S. The molecule has 0 aliphatic heterocycles. The lowest BCUT2D eigenvalue weighted by molar-refractivity contribution is -0.140. The van der Waals surface area contributed by atoms with E-state index in [4.69, 9.17) is 0 Å². The lowest BCUT2D eigenvalue weighted by Gasteiger charge is -2.12. The fraction of sp³-hybridized carbons (Fsp3) is 0.643. The van der Waals surface area contributed by atoms with E-state index in [1.807, 2.05) is 13.8 Å². The van der Waals surface area contributed by atoms with Gasteiger partial charge in [0.2, 0.25) is 0 Å². The van der Waals surface area contributed by atoms with Gasteiger partial charge in [0, 0.05) is 24.3 Å². The zero-order valence-electron chi connectivity index (χ0n) is 12.7. The van der Waals surface area contributed by atoms with E-state index in [0.717, 1.165) is 41.6 Å². The van der Waals surface area contributed by atoms with Crippen molar-refractivity contribution in [2.24, 2.45) is 0 Å². The number of aryl methyl sites for hydroxylation is 1. The van der Waals surface area contributed by atoms with E-state index >= 15 is 0 Å². The lowest BCUT2D eigenvalue weighted by Crippen LogP contribution is -2.09. The Kier molecular flexibility index (Phi) is 7.36. The molecule has 0 saturated carbocycles. The van der Waals surface area contributed by atoms with Crippen molar-refractivity contribution in [1.82, 2.24) is 9.97 Å². The fourth-order valence-corrected chi connectivity index (χ4v) is 2.53. The SMILES string of the molecule is CCCNc1nc(CC)nc(SCCC(=O)OC)c1C. The second-order valence-corrected chi connectivity index (χ2v) is 5.46. The van der Waals surface area contributed by atoms with Gasteiger partial charge in [0.05, 0.1) is 13.5 Å². The Morgan fingerprint density at radius 1 is 1.35 bits per heavy atom. The number of carbonyl (C=O) groups excluding carboxylic acids is 1. The minimum absolute atomic E-state index is 0.191. The number of nitrogens with one attached hydrogen (secondary N) is 1. The van der Waals surface area contributed by atoms with Crippen LogP contribution < -0.4 is 5.32 Å². The van der Waals surface area contributed by atoms with Crippen LogP contribution in [0.15, 0.2) is 5.03 Å². The number of rotatable bonds is 8. The number of methoxy groups -OCH3 is 1. The molecule has 1 aromatic heterocycles. The highest BCUT2D eigenvalue weighted by Crippen LogP contribution is 2.25. The average molecular weight is 297 g/mol. The first kappa shape index (κ1) is 16.8. The van der Waals surface area contributed by atoms with Gasteiger partial charge >= 0.3 is 5.97 Å². The van der Waals surface area contributed by atoms with Gasteiger partial charge in [-0.15, -0.1) is 11.8 Å². The Morgan fingerprint density at radius 3 is 2.70 bits per heavy atom. The minimum Gasteiger partial charge on any atom is -0.469 e. The molecule has 5 nitrogen and oxygen atoms in total. The summed E-state index contributed by atoms with van der Waals surface area (Å²) < 4.78 is 4.64. The molecule has 20 heavy (non-hydrogen) atoms. The largest absolute Gasteiger partial charge is 0.469 e. The molecule has 0 atom stereocenters. The molecule has 0 fully saturated rings. The molecule has 112 valence electrons. The molecule has 0 amide bonds. The summed E-state index contributed by atoms with van der Waals surface area (Å²) in [7, 11) is 1.41. The van der Waals surface area contributed by atoms with Gasteiger partial charge in [-0.2, -0.15) is 0 Å². The number of ether oxygens (including phenoxy) is 1. The van der Waals surface area contributed by atoms with Crippen LogP contribution in [-0.4, -0.2) is 35.3 Å². The predicted octanol–water partition coefficient (Wildman–Crippen LogP) is 2.82. The average Bonchev–Trinajstić information content (AvgIpc) is 2.47. The second kappa shape index (κ2) is 8.79. The van der Waals surface area contributed by atoms with E-state index in [1.165, 1.54) is 7.11 Å². The minimum atomic E-state index is -0.191. The summed E-state index contributed by atoms with van der Waals surface area (Å²) in [6, 6.07) is 0. The van der Waals surface area contributed by atoms with E-state index in [-0.39, 0.29) is 5.97 Å². The number of thioether (sulfide) groups is 1. The van der Waals surface area contributed by atoms with Gasteiger partial charge in [0.15, 0.2) is 0 Å². The number of nitrogens with zero attached hydrogens (tertiary/aromatic N) is 2. The highest BCUT2D eigenvalue weighted by molar-refractivity contribution is 7.99. The number of esters is 1. The van der Waals surface area contributed by atoms with Gasteiger partial charge in [0.25, 0.3) is 0 Å². The third-order valence-electron chi connectivity index (χ3n) is 2.78. The first-order valence-electron chi connectivity index (χ1n) is 6.93. The Hall–Kier alpha value is -1.30. The summed E-state index contributed by atoms with van der Waals surface area (Å²) >= 11 is 1.58. The Balaban J connectivity index is 2.79. The molecule has 1 heterocycles.